The van der Waals surface area contributed by atoms with Gasteiger partial charge in [-0.15, -0.1) is 16.4 Å². The molecule has 1 saturated carbocycles. The van der Waals surface area contributed by atoms with Gasteiger partial charge in [-0.25, -0.2) is 9.67 Å². The van der Waals surface area contributed by atoms with Crippen molar-refractivity contribution >= 4 is 23.1 Å². The summed E-state index contributed by atoms with van der Waals surface area (Å²) in [4.78, 5) is 9.56. The molecule has 0 saturated heterocycles. The number of hydrogen-bond acceptors (Lipinski definition) is 9. The van der Waals surface area contributed by atoms with Gasteiger partial charge in [0.05, 0.1) is 23.0 Å². The average Bonchev–Trinajstić information content (AvgIpc) is 3.32. The summed E-state index contributed by atoms with van der Waals surface area (Å²) in [5.74, 6) is 1.74. The maximum atomic E-state index is 5.33. The molecule has 3 aromatic heterocycles. The zero-order valence-electron chi connectivity index (χ0n) is 12.5. The maximum Gasteiger partial charge on any atom is 0.269 e. The predicted molar refractivity (Wildman–Crippen MR) is 85.0 cm³/mol. The summed E-state index contributed by atoms with van der Waals surface area (Å²) in [6.45, 7) is 1.93. The summed E-state index contributed by atoms with van der Waals surface area (Å²) in [6.07, 6.45) is 4.79. The molecule has 1 aliphatic rings. The lowest BCUT2D eigenvalue weighted by atomic mass is 10.3. The molecule has 8 nitrogen and oxygen atoms in total. The molecule has 3 aromatic rings. The number of thioether (sulfide) groups is 1. The molecule has 10 heteroatoms. The molecule has 3 heterocycles. The lowest BCUT2D eigenvalue weighted by molar-refractivity contribution is 0.422. The third-order valence-electron chi connectivity index (χ3n) is 3.87. The Morgan fingerprint density at radius 2 is 2.26 bits per heavy atom. The number of hydrogen-bond donors (Lipinski definition) is 0. The lowest BCUT2D eigenvalue weighted by Crippen LogP contribution is -2.08. The fraction of sp³-hybridized carbons (Fsp3) is 0.538. The monoisotopic (exact) mass is 349 g/mol. The smallest absolute Gasteiger partial charge is 0.269 e. The van der Waals surface area contributed by atoms with Gasteiger partial charge in [-0.05, 0) is 30.2 Å². The Labute approximate surface area is 140 Å². The summed E-state index contributed by atoms with van der Waals surface area (Å²) in [5.41, 5.74) is 2.68. The van der Waals surface area contributed by atoms with E-state index in [-0.39, 0.29) is 0 Å². The van der Waals surface area contributed by atoms with Crippen LogP contribution in [0.25, 0.3) is 10.8 Å². The van der Waals surface area contributed by atoms with Gasteiger partial charge < -0.3 is 4.52 Å². The standard InChI is InChI=1S/C13H15N7OS2/c1-8-11(23-7-14-8)12-15-10(17-21-12)6-22-13-16-18-19-20(13)9-4-2-3-5-9/h7,9H,2-6H2,1H3. The van der Waals surface area contributed by atoms with Crippen LogP contribution in [0, 0.1) is 6.92 Å². The van der Waals surface area contributed by atoms with E-state index in [0.29, 0.717) is 23.5 Å². The third kappa shape index (κ3) is 3.00. The zero-order valence-corrected chi connectivity index (χ0v) is 14.2. The van der Waals surface area contributed by atoms with Crippen LogP contribution in [0.15, 0.2) is 15.2 Å². The molecule has 1 aliphatic carbocycles. The van der Waals surface area contributed by atoms with Gasteiger partial charge in [0.25, 0.3) is 5.89 Å². The number of nitrogens with zero attached hydrogens (tertiary/aromatic N) is 7. The molecule has 0 N–H and O–H groups in total. The van der Waals surface area contributed by atoms with E-state index in [1.165, 1.54) is 35.9 Å². The SMILES string of the molecule is Cc1ncsc1-c1nc(CSc2nnnn2C2CCCC2)no1. The molecule has 0 amide bonds. The number of tetrazole rings is 1. The average molecular weight is 349 g/mol. The first kappa shape index (κ1) is 14.8. The molecule has 4 rings (SSSR count). The summed E-state index contributed by atoms with van der Waals surface area (Å²) in [6, 6.07) is 0.424. The molecule has 0 aliphatic heterocycles. The fourth-order valence-electron chi connectivity index (χ4n) is 2.70. The molecule has 0 unspecified atom stereocenters. The van der Waals surface area contributed by atoms with E-state index >= 15 is 0 Å². The van der Waals surface area contributed by atoms with Gasteiger partial charge in [0.2, 0.25) is 5.16 Å². The van der Waals surface area contributed by atoms with Crippen LogP contribution < -0.4 is 0 Å². The van der Waals surface area contributed by atoms with Gasteiger partial charge in [0.15, 0.2) is 5.82 Å². The number of aryl methyl sites for hydroxylation is 1. The molecule has 0 spiro atoms. The Hall–Kier alpha value is -1.81. The Morgan fingerprint density at radius 1 is 1.39 bits per heavy atom. The van der Waals surface area contributed by atoms with E-state index in [9.17, 15) is 0 Å². The minimum absolute atomic E-state index is 0.424. The van der Waals surface area contributed by atoms with Gasteiger partial charge in [0.1, 0.15) is 4.88 Å². The summed E-state index contributed by atoms with van der Waals surface area (Å²) in [7, 11) is 0. The molecule has 120 valence electrons. The van der Waals surface area contributed by atoms with E-state index in [0.717, 1.165) is 28.6 Å². The van der Waals surface area contributed by atoms with Gasteiger partial charge in [0, 0.05) is 0 Å². The quantitative estimate of drug-likeness (QED) is 0.649. The molecule has 23 heavy (non-hydrogen) atoms. The molecule has 0 atom stereocenters. The Kier molecular flexibility index (Phi) is 4.08. The first-order valence-electron chi connectivity index (χ1n) is 7.45. The van der Waals surface area contributed by atoms with Gasteiger partial charge in [-0.3, -0.25) is 0 Å². The maximum absolute atomic E-state index is 5.33. The van der Waals surface area contributed by atoms with Gasteiger partial charge in [-0.1, -0.05) is 29.8 Å². The van der Waals surface area contributed by atoms with E-state index in [2.05, 4.69) is 30.7 Å². The third-order valence-corrected chi connectivity index (χ3v) is 5.72. The minimum atomic E-state index is 0.424. The zero-order chi connectivity index (χ0) is 15.6. The summed E-state index contributed by atoms with van der Waals surface area (Å²) in [5, 5.41) is 16.9. The van der Waals surface area contributed by atoms with Crippen LogP contribution in [-0.4, -0.2) is 35.3 Å². The second-order valence-electron chi connectivity index (χ2n) is 5.42. The first-order valence-corrected chi connectivity index (χ1v) is 9.31. The van der Waals surface area contributed by atoms with Gasteiger partial charge >= 0.3 is 0 Å². The first-order chi connectivity index (χ1) is 11.3. The van der Waals surface area contributed by atoms with Crippen molar-refractivity contribution in [1.29, 1.82) is 0 Å². The van der Waals surface area contributed by atoms with E-state index in [4.69, 9.17) is 4.52 Å². The Balaban J connectivity index is 1.45. The van der Waals surface area contributed by atoms with Crippen LogP contribution >= 0.6 is 23.1 Å². The van der Waals surface area contributed by atoms with Crippen LogP contribution in [-0.2, 0) is 5.75 Å². The highest BCUT2D eigenvalue weighted by Gasteiger charge is 2.22. The number of thiazole rings is 1. The van der Waals surface area contributed by atoms with Crippen molar-refractivity contribution in [1.82, 2.24) is 35.3 Å². The fourth-order valence-corrected chi connectivity index (χ4v) is 4.21. The predicted octanol–water partition coefficient (Wildman–Crippen LogP) is 2.90. The highest BCUT2D eigenvalue weighted by molar-refractivity contribution is 7.98. The topological polar surface area (TPSA) is 95.4 Å². The van der Waals surface area contributed by atoms with Crippen molar-refractivity contribution in [2.75, 3.05) is 0 Å². The highest BCUT2D eigenvalue weighted by atomic mass is 32.2. The van der Waals surface area contributed by atoms with E-state index in [1.807, 2.05) is 11.6 Å². The largest absolute Gasteiger partial charge is 0.333 e. The molecule has 0 bridgehead atoms. The van der Waals surface area contributed by atoms with Crippen LogP contribution in [0.5, 0.6) is 0 Å². The van der Waals surface area contributed by atoms with E-state index in [1.54, 1.807) is 5.51 Å². The summed E-state index contributed by atoms with van der Waals surface area (Å²) >= 11 is 3.04. The van der Waals surface area contributed by atoms with Crippen LogP contribution in [0.3, 0.4) is 0 Å². The Morgan fingerprint density at radius 3 is 3.04 bits per heavy atom. The van der Waals surface area contributed by atoms with Crippen molar-refractivity contribution in [2.24, 2.45) is 0 Å². The number of rotatable bonds is 5. The van der Waals surface area contributed by atoms with E-state index < -0.39 is 0 Å². The van der Waals surface area contributed by atoms with Crippen molar-refractivity contribution in [3.05, 3.63) is 17.0 Å². The van der Waals surface area contributed by atoms with Crippen molar-refractivity contribution in [3.63, 3.8) is 0 Å². The van der Waals surface area contributed by atoms with Gasteiger partial charge in [-0.2, -0.15) is 4.98 Å². The van der Waals surface area contributed by atoms with Crippen molar-refractivity contribution in [2.45, 2.75) is 49.6 Å². The minimum Gasteiger partial charge on any atom is -0.333 e. The van der Waals surface area contributed by atoms with Crippen LogP contribution in [0.4, 0.5) is 0 Å². The molecule has 1 fully saturated rings. The van der Waals surface area contributed by atoms with Crippen LogP contribution in [0.2, 0.25) is 0 Å². The number of aromatic nitrogens is 7. The van der Waals surface area contributed by atoms with Crippen molar-refractivity contribution in [3.8, 4) is 10.8 Å². The molecular weight excluding hydrogens is 334 g/mol. The summed E-state index contributed by atoms with van der Waals surface area (Å²) < 4.78 is 7.26. The van der Waals surface area contributed by atoms with Crippen LogP contribution in [0.1, 0.15) is 43.2 Å². The molecule has 0 radical (unpaired) electrons. The Bertz CT molecular complexity index is 790. The molecule has 0 aromatic carbocycles. The second-order valence-corrected chi connectivity index (χ2v) is 7.21. The second kappa shape index (κ2) is 6.36. The normalized spacial score (nSPS) is 15.5. The lowest BCUT2D eigenvalue weighted by Gasteiger charge is -2.09. The van der Waals surface area contributed by atoms with Crippen molar-refractivity contribution < 1.29 is 4.52 Å². The highest BCUT2D eigenvalue weighted by Crippen LogP contribution is 2.32. The molecular formula is C13H15N7OS2.